The van der Waals surface area contributed by atoms with E-state index in [-0.39, 0.29) is 11.6 Å². The molecule has 2 saturated carbocycles. The first-order valence-electron chi connectivity index (χ1n) is 13.7. The number of nitrogens with one attached hydrogen (secondary N) is 1. The average Bonchev–Trinajstić information content (AvgIpc) is 3.58. The molecule has 0 saturated heterocycles. The predicted octanol–water partition coefficient (Wildman–Crippen LogP) is 5.92. The van der Waals surface area contributed by atoms with Crippen molar-refractivity contribution in [2.75, 3.05) is 0 Å². The van der Waals surface area contributed by atoms with Crippen LogP contribution in [0.15, 0.2) is 23.0 Å². The second-order valence-corrected chi connectivity index (χ2v) is 10.8. The second-order valence-electron chi connectivity index (χ2n) is 10.8. The van der Waals surface area contributed by atoms with Gasteiger partial charge in [0.15, 0.2) is 5.82 Å². The fourth-order valence-corrected chi connectivity index (χ4v) is 6.34. The number of tetrazole rings is 1. The Balaban J connectivity index is 1.53. The van der Waals surface area contributed by atoms with Gasteiger partial charge in [-0.2, -0.15) is 0 Å². The van der Waals surface area contributed by atoms with Crippen LogP contribution in [0.3, 0.4) is 0 Å². The minimum atomic E-state index is 0.0244. The molecule has 188 valence electrons. The van der Waals surface area contributed by atoms with Crippen LogP contribution in [0.4, 0.5) is 0 Å². The van der Waals surface area contributed by atoms with Gasteiger partial charge in [-0.15, -0.1) is 5.10 Å². The highest BCUT2D eigenvalue weighted by molar-refractivity contribution is 5.83. The number of benzene rings is 1. The van der Waals surface area contributed by atoms with Crippen LogP contribution < -0.4 is 5.56 Å². The third-order valence-corrected chi connectivity index (χ3v) is 8.47. The molecule has 0 radical (unpaired) electrons. The molecular formula is C28H40N6O. The molecule has 7 nitrogen and oxygen atoms in total. The van der Waals surface area contributed by atoms with Crippen LogP contribution >= 0.6 is 0 Å². The van der Waals surface area contributed by atoms with Crippen LogP contribution in [0, 0.1) is 13.8 Å². The van der Waals surface area contributed by atoms with Crippen LogP contribution in [-0.2, 0) is 6.54 Å². The minimum Gasteiger partial charge on any atom is -0.321 e. The zero-order valence-electron chi connectivity index (χ0n) is 21.6. The van der Waals surface area contributed by atoms with Crippen molar-refractivity contribution in [1.82, 2.24) is 30.1 Å². The maximum absolute atomic E-state index is 13.3. The molecule has 7 heteroatoms. The number of nitrogens with zero attached hydrogens (tertiary/aromatic N) is 5. The van der Waals surface area contributed by atoms with Gasteiger partial charge in [-0.1, -0.05) is 57.6 Å². The van der Waals surface area contributed by atoms with E-state index in [2.05, 4.69) is 69.1 Å². The largest absolute Gasteiger partial charge is 0.321 e. The van der Waals surface area contributed by atoms with E-state index in [0.29, 0.717) is 18.6 Å². The van der Waals surface area contributed by atoms with Crippen LogP contribution in [0.2, 0.25) is 0 Å². The number of aryl methyl sites for hydroxylation is 2. The van der Waals surface area contributed by atoms with E-state index < -0.39 is 0 Å². The maximum Gasteiger partial charge on any atom is 0.252 e. The smallest absolute Gasteiger partial charge is 0.252 e. The Labute approximate surface area is 208 Å². The van der Waals surface area contributed by atoms with Crippen molar-refractivity contribution in [1.29, 1.82) is 0 Å². The van der Waals surface area contributed by atoms with E-state index in [1.165, 1.54) is 50.5 Å². The molecule has 2 aliphatic rings. The van der Waals surface area contributed by atoms with Gasteiger partial charge in [-0.25, -0.2) is 4.68 Å². The van der Waals surface area contributed by atoms with Gasteiger partial charge >= 0.3 is 0 Å². The lowest BCUT2D eigenvalue weighted by molar-refractivity contribution is 0.105. The molecule has 5 rings (SSSR count). The van der Waals surface area contributed by atoms with Crippen molar-refractivity contribution in [3.63, 3.8) is 0 Å². The van der Waals surface area contributed by atoms with Crippen LogP contribution in [-0.4, -0.2) is 36.1 Å². The highest BCUT2D eigenvalue weighted by Gasteiger charge is 2.34. The molecule has 0 amide bonds. The molecular weight excluding hydrogens is 436 g/mol. The summed E-state index contributed by atoms with van der Waals surface area (Å²) in [6.07, 6.45) is 13.0. The van der Waals surface area contributed by atoms with E-state index in [4.69, 9.17) is 0 Å². The first-order chi connectivity index (χ1) is 17.1. The van der Waals surface area contributed by atoms with Crippen molar-refractivity contribution >= 4 is 10.9 Å². The summed E-state index contributed by atoms with van der Waals surface area (Å²) in [4.78, 5) is 19.1. The van der Waals surface area contributed by atoms with Gasteiger partial charge in [-0.05, 0) is 79.0 Å². The van der Waals surface area contributed by atoms with E-state index in [1.54, 1.807) is 0 Å². The Morgan fingerprint density at radius 2 is 1.83 bits per heavy atom. The Hall–Kier alpha value is -2.54. The Kier molecular flexibility index (Phi) is 7.32. The van der Waals surface area contributed by atoms with Crippen LogP contribution in [0.25, 0.3) is 10.9 Å². The molecule has 1 aromatic carbocycles. The first kappa shape index (κ1) is 24.2. The summed E-state index contributed by atoms with van der Waals surface area (Å²) in [5.41, 5.74) is 4.17. The number of H-pyrrole nitrogens is 1. The molecule has 1 atom stereocenters. The predicted molar refractivity (Wildman–Crippen MR) is 139 cm³/mol. The number of hydrogen-bond donors (Lipinski definition) is 1. The molecule has 35 heavy (non-hydrogen) atoms. The highest BCUT2D eigenvalue weighted by Crippen LogP contribution is 2.37. The van der Waals surface area contributed by atoms with Gasteiger partial charge in [0.1, 0.15) is 0 Å². The third kappa shape index (κ3) is 4.92. The van der Waals surface area contributed by atoms with Crippen LogP contribution in [0.1, 0.15) is 112 Å². The quantitative estimate of drug-likeness (QED) is 0.436. The Morgan fingerprint density at radius 3 is 2.57 bits per heavy atom. The molecule has 2 heterocycles. The van der Waals surface area contributed by atoms with Crippen LogP contribution in [0.5, 0.6) is 0 Å². The van der Waals surface area contributed by atoms with E-state index >= 15 is 0 Å². The molecule has 2 fully saturated rings. The van der Waals surface area contributed by atoms with Gasteiger partial charge in [0.2, 0.25) is 0 Å². The molecule has 3 aromatic rings. The number of pyridine rings is 1. The molecule has 2 aromatic heterocycles. The van der Waals surface area contributed by atoms with E-state index in [0.717, 1.165) is 53.5 Å². The van der Waals surface area contributed by atoms with Gasteiger partial charge in [0, 0.05) is 18.2 Å². The fraction of sp³-hybridized carbons (Fsp3) is 0.643. The summed E-state index contributed by atoms with van der Waals surface area (Å²) < 4.78 is 2.14. The average molecular weight is 477 g/mol. The molecule has 2 aliphatic carbocycles. The monoisotopic (exact) mass is 476 g/mol. The fourth-order valence-electron chi connectivity index (χ4n) is 6.34. The number of aromatic amines is 1. The minimum absolute atomic E-state index is 0.0244. The molecule has 0 bridgehead atoms. The maximum atomic E-state index is 13.3. The number of hydrogen-bond acceptors (Lipinski definition) is 5. The third-order valence-electron chi connectivity index (χ3n) is 8.47. The highest BCUT2D eigenvalue weighted by atomic mass is 16.1. The lowest BCUT2D eigenvalue weighted by atomic mass is 9.95. The van der Waals surface area contributed by atoms with E-state index in [9.17, 15) is 4.79 Å². The normalized spacial score (nSPS) is 18.6. The van der Waals surface area contributed by atoms with Crippen molar-refractivity contribution in [2.45, 2.75) is 116 Å². The SMILES string of the molecule is CCC[C@H](c1nnnn1C1CCCCC1)N(Cc1cc2ccc(C)c(C)c2[nH]c1=O)C1CCCC1. The summed E-state index contributed by atoms with van der Waals surface area (Å²) in [5.74, 6) is 0.995. The summed E-state index contributed by atoms with van der Waals surface area (Å²) in [7, 11) is 0. The number of aromatic nitrogens is 5. The van der Waals surface area contributed by atoms with Crippen molar-refractivity contribution < 1.29 is 0 Å². The summed E-state index contributed by atoms with van der Waals surface area (Å²) >= 11 is 0. The summed E-state index contributed by atoms with van der Waals surface area (Å²) in [6, 6.07) is 7.36. The van der Waals surface area contributed by atoms with E-state index in [1.807, 2.05) is 0 Å². The zero-order chi connectivity index (χ0) is 24.4. The molecule has 1 N–H and O–H groups in total. The van der Waals surface area contributed by atoms with Crippen molar-refractivity contribution in [2.24, 2.45) is 0 Å². The van der Waals surface area contributed by atoms with Crippen molar-refractivity contribution in [3.05, 3.63) is 51.1 Å². The van der Waals surface area contributed by atoms with Gasteiger partial charge in [-0.3, -0.25) is 9.69 Å². The standard InChI is InChI=1S/C28H40N6O/c1-4-10-25(27-30-31-32-34(27)24-13-6-5-7-14-24)33(23-11-8-9-12-23)18-22-17-21-16-15-19(2)20(3)26(21)29-28(22)35/h15-17,23-25H,4-14,18H2,1-3H3,(H,29,35)/t25-/m1/s1. The lowest BCUT2D eigenvalue weighted by Gasteiger charge is -2.36. The van der Waals surface area contributed by atoms with Gasteiger partial charge < -0.3 is 4.98 Å². The molecule has 0 spiro atoms. The lowest BCUT2D eigenvalue weighted by Crippen LogP contribution is -2.39. The zero-order valence-corrected chi connectivity index (χ0v) is 21.6. The molecule has 0 aliphatic heterocycles. The second kappa shape index (κ2) is 10.6. The van der Waals surface area contributed by atoms with Gasteiger partial charge in [0.25, 0.3) is 5.56 Å². The summed E-state index contributed by atoms with van der Waals surface area (Å²) in [6.45, 7) is 7.04. The van der Waals surface area contributed by atoms with Gasteiger partial charge in [0.05, 0.1) is 17.6 Å². The number of rotatable bonds is 8. The summed E-state index contributed by atoms with van der Waals surface area (Å²) in [5, 5.41) is 14.4. The number of fused-ring (bicyclic) bond motifs is 1. The Bertz CT molecular complexity index is 1200. The topological polar surface area (TPSA) is 79.7 Å². The first-order valence-corrected chi connectivity index (χ1v) is 13.7. The molecule has 0 unspecified atom stereocenters. The Morgan fingerprint density at radius 1 is 1.09 bits per heavy atom. The van der Waals surface area contributed by atoms with Crippen molar-refractivity contribution in [3.8, 4) is 0 Å².